The Bertz CT molecular complexity index is 1180. The van der Waals surface area contributed by atoms with Gasteiger partial charge >= 0.3 is 6.18 Å². The van der Waals surface area contributed by atoms with Crippen molar-refractivity contribution in [3.8, 4) is 0 Å². The number of nitrogens with one attached hydrogen (secondary N) is 2. The van der Waals surface area contributed by atoms with E-state index < -0.39 is 23.6 Å². The quantitative estimate of drug-likeness (QED) is 0.462. The van der Waals surface area contributed by atoms with Gasteiger partial charge in [-0.05, 0) is 60.5 Å². The van der Waals surface area contributed by atoms with Crippen molar-refractivity contribution in [2.45, 2.75) is 13.1 Å². The van der Waals surface area contributed by atoms with Gasteiger partial charge in [-0.3, -0.25) is 14.6 Å². The minimum absolute atomic E-state index is 0.0347. The lowest BCUT2D eigenvalue weighted by Crippen LogP contribution is -2.15. The molecule has 3 aromatic rings. The smallest absolute Gasteiger partial charge is 0.322 e. The number of rotatable bonds is 5. The van der Waals surface area contributed by atoms with E-state index in [9.17, 15) is 22.8 Å². The van der Waals surface area contributed by atoms with Crippen molar-refractivity contribution in [2.75, 3.05) is 10.6 Å². The molecule has 9 heteroatoms. The average Bonchev–Trinajstić information content (AvgIpc) is 2.75. The number of pyridine rings is 1. The first kappa shape index (κ1) is 23.0. The number of halogens is 4. The molecule has 0 aliphatic heterocycles. The number of aryl methyl sites for hydroxylation is 1. The van der Waals surface area contributed by atoms with Gasteiger partial charge in [0.1, 0.15) is 0 Å². The Kier molecular flexibility index (Phi) is 6.95. The lowest BCUT2D eigenvalue weighted by atomic mass is 10.1. The number of carbonyl (C=O) groups excluding carboxylic acids is 2. The lowest BCUT2D eigenvalue weighted by molar-refractivity contribution is -0.137. The standard InChI is InChI=1S/C23H17ClF3N3O2/c1-14-4-6-16(11-19(14)29-21(31)9-5-15-3-2-10-28-13-15)22(32)30-20-12-17(23(25,26)27)7-8-18(20)24/h2-13H,1H3,(H,29,31)(H,30,32). The zero-order valence-corrected chi connectivity index (χ0v) is 17.5. The summed E-state index contributed by atoms with van der Waals surface area (Å²) in [7, 11) is 0. The molecule has 5 nitrogen and oxygen atoms in total. The van der Waals surface area contributed by atoms with E-state index in [0.29, 0.717) is 11.3 Å². The molecule has 0 fully saturated rings. The fourth-order valence-corrected chi connectivity index (χ4v) is 2.88. The molecule has 0 atom stereocenters. The van der Waals surface area contributed by atoms with E-state index in [-0.39, 0.29) is 16.3 Å². The number of hydrogen-bond donors (Lipinski definition) is 2. The van der Waals surface area contributed by atoms with Gasteiger partial charge in [0.05, 0.1) is 16.3 Å². The number of aromatic nitrogens is 1. The number of benzene rings is 2. The van der Waals surface area contributed by atoms with Crippen molar-refractivity contribution >= 4 is 40.9 Å². The molecule has 0 bridgehead atoms. The van der Waals surface area contributed by atoms with Gasteiger partial charge in [0.15, 0.2) is 0 Å². The number of hydrogen-bond acceptors (Lipinski definition) is 3. The van der Waals surface area contributed by atoms with Crippen LogP contribution in [0.2, 0.25) is 5.02 Å². The molecule has 0 aliphatic rings. The summed E-state index contributed by atoms with van der Waals surface area (Å²) in [5.74, 6) is -1.09. The minimum atomic E-state index is -4.57. The van der Waals surface area contributed by atoms with Gasteiger partial charge in [0.25, 0.3) is 5.91 Å². The highest BCUT2D eigenvalue weighted by molar-refractivity contribution is 6.34. The van der Waals surface area contributed by atoms with Crippen molar-refractivity contribution in [1.82, 2.24) is 4.98 Å². The van der Waals surface area contributed by atoms with Crippen LogP contribution in [-0.4, -0.2) is 16.8 Å². The molecule has 2 aromatic carbocycles. The van der Waals surface area contributed by atoms with Crippen molar-refractivity contribution in [3.05, 3.63) is 94.3 Å². The highest BCUT2D eigenvalue weighted by atomic mass is 35.5. The molecule has 2 N–H and O–H groups in total. The summed E-state index contributed by atoms with van der Waals surface area (Å²) in [6.07, 6.45) is 1.55. The maximum Gasteiger partial charge on any atom is 0.416 e. The topological polar surface area (TPSA) is 71.1 Å². The van der Waals surface area contributed by atoms with Crippen LogP contribution in [0.25, 0.3) is 6.08 Å². The first-order chi connectivity index (χ1) is 15.1. The largest absolute Gasteiger partial charge is 0.416 e. The number of anilines is 2. The van der Waals surface area contributed by atoms with E-state index in [1.54, 1.807) is 43.6 Å². The van der Waals surface area contributed by atoms with Gasteiger partial charge in [-0.15, -0.1) is 0 Å². The van der Waals surface area contributed by atoms with Gasteiger partial charge in [-0.25, -0.2) is 0 Å². The van der Waals surface area contributed by atoms with Crippen molar-refractivity contribution in [3.63, 3.8) is 0 Å². The Labute approximate surface area is 186 Å². The van der Waals surface area contributed by atoms with E-state index in [2.05, 4.69) is 15.6 Å². The summed E-state index contributed by atoms with van der Waals surface area (Å²) in [5.41, 5.74) is 0.850. The van der Waals surface area contributed by atoms with Crippen LogP contribution in [-0.2, 0) is 11.0 Å². The summed E-state index contributed by atoms with van der Waals surface area (Å²) in [5, 5.41) is 5.03. The van der Waals surface area contributed by atoms with Gasteiger partial charge in [0, 0.05) is 29.7 Å². The molecule has 0 saturated heterocycles. The highest BCUT2D eigenvalue weighted by Gasteiger charge is 2.31. The third-order valence-electron chi connectivity index (χ3n) is 4.41. The minimum Gasteiger partial charge on any atom is -0.322 e. The number of carbonyl (C=O) groups is 2. The molecule has 0 spiro atoms. The Balaban J connectivity index is 1.76. The second kappa shape index (κ2) is 9.65. The van der Waals surface area contributed by atoms with Gasteiger partial charge in [-0.1, -0.05) is 23.7 Å². The average molecular weight is 460 g/mol. The predicted molar refractivity (Wildman–Crippen MR) is 117 cm³/mol. The normalized spacial score (nSPS) is 11.4. The summed E-state index contributed by atoms with van der Waals surface area (Å²) >= 11 is 5.94. The Morgan fingerprint density at radius 2 is 1.81 bits per heavy atom. The van der Waals surface area contributed by atoms with Gasteiger partial charge in [0.2, 0.25) is 5.91 Å². The molecule has 1 heterocycles. The van der Waals surface area contributed by atoms with Crippen LogP contribution in [0.4, 0.5) is 24.5 Å². The first-order valence-electron chi connectivity index (χ1n) is 9.31. The summed E-state index contributed by atoms with van der Waals surface area (Å²) in [6, 6.07) is 10.7. The van der Waals surface area contributed by atoms with E-state index in [0.717, 1.165) is 23.8 Å². The van der Waals surface area contributed by atoms with E-state index >= 15 is 0 Å². The van der Waals surface area contributed by atoms with Crippen LogP contribution >= 0.6 is 11.6 Å². The zero-order valence-electron chi connectivity index (χ0n) is 16.7. The Hall–Kier alpha value is -3.65. The van der Waals surface area contributed by atoms with Crippen molar-refractivity contribution in [1.29, 1.82) is 0 Å². The molecule has 0 unspecified atom stereocenters. The predicted octanol–water partition coefficient (Wildman–Crippen LogP) is 5.97. The van der Waals surface area contributed by atoms with Crippen molar-refractivity contribution in [2.24, 2.45) is 0 Å². The van der Waals surface area contributed by atoms with Crippen LogP contribution < -0.4 is 10.6 Å². The van der Waals surface area contributed by atoms with Crippen LogP contribution in [0.5, 0.6) is 0 Å². The summed E-state index contributed by atoms with van der Waals surface area (Å²) in [4.78, 5) is 28.8. The lowest BCUT2D eigenvalue weighted by Gasteiger charge is -2.13. The number of amides is 2. The van der Waals surface area contributed by atoms with Crippen molar-refractivity contribution < 1.29 is 22.8 Å². The third-order valence-corrected chi connectivity index (χ3v) is 4.74. The molecule has 0 saturated carbocycles. The molecule has 164 valence electrons. The molecule has 2 amide bonds. The Morgan fingerprint density at radius 3 is 2.50 bits per heavy atom. The van der Waals surface area contributed by atoms with Crippen LogP contribution in [0.1, 0.15) is 27.0 Å². The molecule has 0 aliphatic carbocycles. The highest BCUT2D eigenvalue weighted by Crippen LogP contribution is 2.34. The second-order valence-electron chi connectivity index (χ2n) is 6.79. The fourth-order valence-electron chi connectivity index (χ4n) is 2.71. The van der Waals surface area contributed by atoms with Crippen LogP contribution in [0.15, 0.2) is 67.0 Å². The third kappa shape index (κ3) is 5.95. The number of alkyl halides is 3. The SMILES string of the molecule is Cc1ccc(C(=O)Nc2cc(C(F)(F)F)ccc2Cl)cc1NC(=O)C=Cc1cccnc1. The zero-order chi connectivity index (χ0) is 23.3. The first-order valence-corrected chi connectivity index (χ1v) is 9.69. The van der Waals surface area contributed by atoms with Crippen LogP contribution in [0, 0.1) is 6.92 Å². The Morgan fingerprint density at radius 1 is 1.03 bits per heavy atom. The maximum atomic E-state index is 12.9. The second-order valence-corrected chi connectivity index (χ2v) is 7.19. The summed E-state index contributed by atoms with van der Waals surface area (Å²) in [6.45, 7) is 1.74. The molecule has 0 radical (unpaired) electrons. The number of nitrogens with zero attached hydrogens (tertiary/aromatic N) is 1. The maximum absolute atomic E-state index is 12.9. The molecule has 3 rings (SSSR count). The van der Waals surface area contributed by atoms with Crippen LogP contribution in [0.3, 0.4) is 0 Å². The monoisotopic (exact) mass is 459 g/mol. The van der Waals surface area contributed by atoms with Gasteiger partial charge in [-0.2, -0.15) is 13.2 Å². The fraction of sp³-hybridized carbons (Fsp3) is 0.0870. The van der Waals surface area contributed by atoms with E-state index in [4.69, 9.17) is 11.6 Å². The molecule has 32 heavy (non-hydrogen) atoms. The van der Waals surface area contributed by atoms with E-state index in [1.807, 2.05) is 0 Å². The molecule has 1 aromatic heterocycles. The molecular weight excluding hydrogens is 443 g/mol. The summed E-state index contributed by atoms with van der Waals surface area (Å²) < 4.78 is 38.8. The van der Waals surface area contributed by atoms with Gasteiger partial charge < -0.3 is 10.6 Å². The van der Waals surface area contributed by atoms with E-state index in [1.165, 1.54) is 18.2 Å². The molecular formula is C23H17ClF3N3O2.